The summed E-state index contributed by atoms with van der Waals surface area (Å²) >= 11 is 1.83. The van der Waals surface area contributed by atoms with Gasteiger partial charge in [0, 0.05) is 22.4 Å². The lowest BCUT2D eigenvalue weighted by atomic mass is 10.1. The third kappa shape index (κ3) is 7.45. The fourth-order valence-corrected chi connectivity index (χ4v) is 3.96. The molecule has 0 amide bonds. The molecule has 1 aromatic carbocycles. The smallest absolute Gasteiger partial charge is 0.332 e. The highest BCUT2D eigenvalue weighted by molar-refractivity contribution is 14.1. The maximum absolute atomic E-state index is 14.3. The first-order valence-corrected chi connectivity index (χ1v) is 13.2. The zero-order chi connectivity index (χ0) is 22.4. The van der Waals surface area contributed by atoms with Crippen LogP contribution in [0.2, 0.25) is 18.1 Å². The summed E-state index contributed by atoms with van der Waals surface area (Å²) in [5.41, 5.74) is -0.353. The molecule has 162 valence electrons. The Bertz CT molecular complexity index is 778. The summed E-state index contributed by atoms with van der Waals surface area (Å²) in [6, 6.07) is 2.33. The van der Waals surface area contributed by atoms with E-state index in [1.165, 1.54) is 18.3 Å². The van der Waals surface area contributed by atoms with Crippen molar-refractivity contribution in [2.75, 3.05) is 13.2 Å². The normalized spacial score (nSPS) is 13.4. The largest absolute Gasteiger partial charge is 0.463 e. The van der Waals surface area contributed by atoms with Crippen LogP contribution in [0.1, 0.15) is 38.1 Å². The van der Waals surface area contributed by atoms with Crippen molar-refractivity contribution >= 4 is 42.7 Å². The van der Waals surface area contributed by atoms with Crippen LogP contribution in [0.4, 0.5) is 8.78 Å². The molecule has 0 spiro atoms. The molecule has 9 heteroatoms. The molecule has 0 aliphatic rings. The van der Waals surface area contributed by atoms with Gasteiger partial charge >= 0.3 is 5.97 Å². The minimum absolute atomic E-state index is 0.00617. The Labute approximate surface area is 185 Å². The van der Waals surface area contributed by atoms with Crippen LogP contribution in [0.15, 0.2) is 24.4 Å². The minimum Gasteiger partial charge on any atom is -0.463 e. The summed E-state index contributed by atoms with van der Waals surface area (Å²) < 4.78 is 39.5. The van der Waals surface area contributed by atoms with E-state index >= 15 is 0 Å². The van der Waals surface area contributed by atoms with E-state index < -0.39 is 37.8 Å². The molecule has 0 saturated heterocycles. The lowest BCUT2D eigenvalue weighted by Gasteiger charge is -2.38. The Balaban J connectivity index is 3.13. The van der Waals surface area contributed by atoms with E-state index in [1.54, 1.807) is 6.92 Å². The Morgan fingerprint density at radius 1 is 1.28 bits per heavy atom. The van der Waals surface area contributed by atoms with Crippen LogP contribution >= 0.6 is 22.6 Å². The molecular weight excluding hydrogens is 511 g/mol. The molecule has 1 unspecified atom stereocenters. The van der Waals surface area contributed by atoms with E-state index in [1.807, 2.05) is 56.5 Å². The fourth-order valence-electron chi connectivity index (χ4n) is 2.12. The lowest BCUT2D eigenvalue weighted by molar-refractivity contribution is -0.137. The second kappa shape index (κ2) is 10.6. The van der Waals surface area contributed by atoms with Crippen LogP contribution in [-0.4, -0.2) is 39.3 Å². The zero-order valence-electron chi connectivity index (χ0n) is 17.6. The van der Waals surface area contributed by atoms with E-state index in [0.29, 0.717) is 3.57 Å². The molecule has 0 heterocycles. The molecule has 0 radical (unpaired) electrons. The van der Waals surface area contributed by atoms with Gasteiger partial charge in [-0.15, -0.1) is 0 Å². The highest BCUT2D eigenvalue weighted by Crippen LogP contribution is 2.37. The minimum atomic E-state index is -2.40. The molecule has 1 aromatic rings. The van der Waals surface area contributed by atoms with Crippen LogP contribution in [0, 0.1) is 15.2 Å². The fraction of sp³-hybridized carbons (Fsp3) is 0.500. The highest BCUT2D eigenvalue weighted by atomic mass is 127. The number of carbonyl (C=O) groups excluding carboxylic acids is 2. The van der Waals surface area contributed by atoms with Crippen molar-refractivity contribution in [1.29, 1.82) is 0 Å². The third-order valence-corrected chi connectivity index (χ3v) is 9.83. The van der Waals surface area contributed by atoms with Crippen molar-refractivity contribution in [3.63, 3.8) is 0 Å². The number of esters is 1. The topological polar surface area (TPSA) is 64.6 Å². The molecule has 5 nitrogen and oxygen atoms in total. The van der Waals surface area contributed by atoms with Gasteiger partial charge < -0.3 is 14.5 Å². The van der Waals surface area contributed by atoms with E-state index in [-0.39, 0.29) is 23.8 Å². The monoisotopic (exact) mass is 539 g/mol. The number of hydrogen-bond donors (Lipinski definition) is 1. The molecule has 0 bridgehead atoms. The first-order chi connectivity index (χ1) is 13.3. The number of ketones is 1. The predicted octanol–water partition coefficient (Wildman–Crippen LogP) is 4.81. The summed E-state index contributed by atoms with van der Waals surface area (Å²) in [4.78, 5) is 24.4. The highest BCUT2D eigenvalue weighted by Gasteiger charge is 2.41. The van der Waals surface area contributed by atoms with Crippen molar-refractivity contribution in [2.24, 2.45) is 0 Å². The van der Waals surface area contributed by atoms with Crippen LogP contribution in [0.5, 0.6) is 0 Å². The Morgan fingerprint density at radius 3 is 2.45 bits per heavy atom. The van der Waals surface area contributed by atoms with Crippen molar-refractivity contribution in [3.8, 4) is 0 Å². The van der Waals surface area contributed by atoms with Crippen molar-refractivity contribution in [2.45, 2.75) is 51.9 Å². The van der Waals surface area contributed by atoms with Gasteiger partial charge in [0.1, 0.15) is 6.10 Å². The lowest BCUT2D eigenvalue weighted by Crippen LogP contribution is -2.48. The van der Waals surface area contributed by atoms with Gasteiger partial charge in [0.2, 0.25) is 0 Å². The van der Waals surface area contributed by atoms with Crippen LogP contribution in [0.3, 0.4) is 0 Å². The van der Waals surface area contributed by atoms with E-state index in [2.05, 4.69) is 5.32 Å². The quantitative estimate of drug-likeness (QED) is 0.122. The molecular formula is C20H28F2INO4Si. The molecule has 1 rings (SSSR count). The Hall–Kier alpha value is -1.33. The van der Waals surface area contributed by atoms with Gasteiger partial charge in [0.15, 0.2) is 25.7 Å². The number of ether oxygens (including phenoxy) is 1. The molecule has 0 aliphatic heterocycles. The SMILES string of the molecule is CCOC(=O)C=CNCC(O[Si](C)(C)C(C)(C)C)C(=O)c1cc(I)cc(F)c1F. The summed E-state index contributed by atoms with van der Waals surface area (Å²) in [6.07, 6.45) is 1.48. The maximum Gasteiger partial charge on any atom is 0.332 e. The molecule has 0 aliphatic carbocycles. The molecule has 0 fully saturated rings. The summed E-state index contributed by atoms with van der Waals surface area (Å²) in [7, 11) is -2.40. The summed E-state index contributed by atoms with van der Waals surface area (Å²) in [6.45, 7) is 11.9. The number of benzene rings is 1. The second-order valence-electron chi connectivity index (χ2n) is 7.97. The number of Topliss-reactive ketones (excluding diaryl/α,β-unsaturated/α-hetero) is 1. The molecule has 0 saturated carbocycles. The molecule has 0 aromatic heterocycles. The molecule has 1 N–H and O–H groups in total. The van der Waals surface area contributed by atoms with E-state index in [0.717, 1.165) is 6.07 Å². The van der Waals surface area contributed by atoms with E-state index in [4.69, 9.17) is 9.16 Å². The second-order valence-corrected chi connectivity index (χ2v) is 14.0. The average Bonchev–Trinajstić information content (AvgIpc) is 2.59. The van der Waals surface area contributed by atoms with Crippen LogP contribution < -0.4 is 5.32 Å². The van der Waals surface area contributed by atoms with Crippen LogP contribution in [-0.2, 0) is 14.0 Å². The number of nitrogens with one attached hydrogen (secondary N) is 1. The van der Waals surface area contributed by atoms with Gasteiger partial charge in [0.25, 0.3) is 0 Å². The van der Waals surface area contributed by atoms with Crippen molar-refractivity contribution in [1.82, 2.24) is 5.32 Å². The van der Waals surface area contributed by atoms with Crippen molar-refractivity contribution in [3.05, 3.63) is 45.2 Å². The van der Waals surface area contributed by atoms with Gasteiger partial charge in [-0.3, -0.25) is 4.79 Å². The first kappa shape index (κ1) is 25.7. The third-order valence-electron chi connectivity index (χ3n) is 4.72. The van der Waals surface area contributed by atoms with Crippen LogP contribution in [0.25, 0.3) is 0 Å². The Morgan fingerprint density at radius 2 is 1.90 bits per heavy atom. The molecule has 1 atom stereocenters. The van der Waals surface area contributed by atoms with Gasteiger partial charge in [-0.05, 0) is 59.8 Å². The van der Waals surface area contributed by atoms with Gasteiger partial charge in [0.05, 0.1) is 12.2 Å². The number of carbonyl (C=O) groups is 2. The number of halogens is 3. The maximum atomic E-state index is 14.3. The Kier molecular flexibility index (Phi) is 9.42. The molecule has 29 heavy (non-hydrogen) atoms. The van der Waals surface area contributed by atoms with E-state index in [9.17, 15) is 18.4 Å². The van der Waals surface area contributed by atoms with Gasteiger partial charge in [-0.2, -0.15) is 0 Å². The number of hydrogen-bond acceptors (Lipinski definition) is 5. The first-order valence-electron chi connectivity index (χ1n) is 9.23. The summed E-state index contributed by atoms with van der Waals surface area (Å²) in [5.74, 6) is -3.46. The number of rotatable bonds is 9. The standard InChI is InChI=1S/C20H28F2INO4Si/c1-7-27-17(25)8-9-24-12-16(28-29(5,6)20(2,3)4)19(26)14-10-13(23)11-15(21)18(14)22/h8-11,16,24H,7,12H2,1-6H3. The van der Waals surface area contributed by atoms with Crippen molar-refractivity contribution < 1.29 is 27.5 Å². The summed E-state index contributed by atoms with van der Waals surface area (Å²) in [5, 5.41) is 2.63. The van der Waals surface area contributed by atoms with Gasteiger partial charge in [-0.25, -0.2) is 13.6 Å². The van der Waals surface area contributed by atoms with Gasteiger partial charge in [-0.1, -0.05) is 20.8 Å². The zero-order valence-corrected chi connectivity index (χ0v) is 20.7. The predicted molar refractivity (Wildman–Crippen MR) is 119 cm³/mol. The average molecular weight is 539 g/mol.